The van der Waals surface area contributed by atoms with E-state index in [1.165, 1.54) is 11.0 Å². The van der Waals surface area contributed by atoms with Crippen molar-refractivity contribution in [3.05, 3.63) is 47.8 Å². The zero-order valence-corrected chi connectivity index (χ0v) is 19.1. The SMILES string of the molecule is O=C1NC(=O)C2(Cc3cc(-c4ccc(N5C[C@H](CO)OC5=O)cc4F)ccc3N3CCCC32)C(=O)N1. The average Bonchev–Trinajstić information content (AvgIpc) is 3.49. The molecular weight excluding hydrogens is 471 g/mol. The number of fused-ring (bicyclic) bond motifs is 4. The molecule has 5 amide bonds. The molecule has 1 unspecified atom stereocenters. The van der Waals surface area contributed by atoms with Gasteiger partial charge in [-0.05, 0) is 60.7 Å². The Morgan fingerprint density at radius 1 is 1.08 bits per heavy atom. The Morgan fingerprint density at radius 3 is 2.56 bits per heavy atom. The van der Waals surface area contributed by atoms with Crippen LogP contribution in [0.25, 0.3) is 11.1 Å². The number of barbiturate groups is 1. The Labute approximate surface area is 205 Å². The lowest BCUT2D eigenvalue weighted by atomic mass is 9.68. The molecule has 4 heterocycles. The molecule has 0 aromatic heterocycles. The third-order valence-corrected chi connectivity index (χ3v) is 7.60. The number of nitrogens with one attached hydrogen (secondary N) is 2. The molecule has 186 valence electrons. The van der Waals surface area contributed by atoms with E-state index in [-0.39, 0.29) is 31.2 Å². The van der Waals surface area contributed by atoms with Crippen molar-refractivity contribution < 1.29 is 33.4 Å². The standard InChI is InChI=1S/C25H23FN4O6/c26-18-9-15(30-11-16(12-31)36-24(30)35)4-5-17(18)13-3-6-19-14(8-13)10-25(20-2-1-7-29(19)20)21(32)27-23(34)28-22(25)33/h3-6,8-9,16,20,31H,1-2,7,10-12H2,(H2,27,28,32,33,34)/t16-,20?/m1/s1. The number of hydrogen-bond donors (Lipinski definition) is 3. The lowest BCUT2D eigenvalue weighted by molar-refractivity contribution is -0.146. The highest BCUT2D eigenvalue weighted by Crippen LogP contribution is 2.48. The summed E-state index contributed by atoms with van der Waals surface area (Å²) in [6, 6.07) is 8.63. The van der Waals surface area contributed by atoms with Crippen LogP contribution in [0, 0.1) is 11.2 Å². The van der Waals surface area contributed by atoms with E-state index in [0.717, 1.165) is 12.1 Å². The van der Waals surface area contributed by atoms with Crippen LogP contribution >= 0.6 is 0 Å². The minimum absolute atomic E-state index is 0.0875. The highest BCUT2D eigenvalue weighted by molar-refractivity contribution is 6.20. The van der Waals surface area contributed by atoms with Gasteiger partial charge >= 0.3 is 12.1 Å². The number of rotatable bonds is 3. The van der Waals surface area contributed by atoms with Crippen LogP contribution in [-0.2, 0) is 20.7 Å². The number of nitrogens with zero attached hydrogens (tertiary/aromatic N) is 2. The van der Waals surface area contributed by atoms with E-state index < -0.39 is 41.3 Å². The van der Waals surface area contributed by atoms with E-state index in [9.17, 15) is 24.3 Å². The van der Waals surface area contributed by atoms with Crippen LogP contribution in [0.4, 0.5) is 25.4 Å². The first kappa shape index (κ1) is 22.5. The summed E-state index contributed by atoms with van der Waals surface area (Å²) in [5.74, 6) is -1.78. The maximum Gasteiger partial charge on any atom is 0.414 e. The van der Waals surface area contributed by atoms with Crippen molar-refractivity contribution in [3.8, 4) is 11.1 Å². The first-order valence-electron chi connectivity index (χ1n) is 11.8. The van der Waals surface area contributed by atoms with E-state index >= 15 is 4.39 Å². The number of hydrogen-bond acceptors (Lipinski definition) is 7. The fourth-order valence-corrected chi connectivity index (χ4v) is 5.92. The lowest BCUT2D eigenvalue weighted by Crippen LogP contribution is -2.70. The van der Waals surface area contributed by atoms with Crippen molar-refractivity contribution in [1.29, 1.82) is 0 Å². The quantitative estimate of drug-likeness (QED) is 0.554. The number of aliphatic hydroxyl groups excluding tert-OH is 1. The van der Waals surface area contributed by atoms with Crippen molar-refractivity contribution in [2.75, 3.05) is 29.5 Å². The first-order chi connectivity index (χ1) is 17.3. The highest BCUT2D eigenvalue weighted by Gasteiger charge is 2.60. The molecule has 2 atom stereocenters. The predicted molar refractivity (Wildman–Crippen MR) is 125 cm³/mol. The molecule has 4 aliphatic heterocycles. The fourth-order valence-electron chi connectivity index (χ4n) is 5.92. The molecule has 3 saturated heterocycles. The second-order valence-electron chi connectivity index (χ2n) is 9.54. The number of amides is 5. The first-order valence-corrected chi connectivity index (χ1v) is 11.8. The van der Waals surface area contributed by atoms with E-state index in [1.807, 2.05) is 11.0 Å². The molecule has 10 nitrogen and oxygen atoms in total. The van der Waals surface area contributed by atoms with Crippen LogP contribution in [-0.4, -0.2) is 60.9 Å². The van der Waals surface area contributed by atoms with Gasteiger partial charge in [-0.1, -0.05) is 6.07 Å². The van der Waals surface area contributed by atoms with Crippen molar-refractivity contribution in [3.63, 3.8) is 0 Å². The molecule has 1 spiro atoms. The molecule has 4 aliphatic rings. The molecule has 2 aromatic rings. The van der Waals surface area contributed by atoms with Crippen LogP contribution in [0.15, 0.2) is 36.4 Å². The van der Waals surface area contributed by atoms with Crippen LogP contribution in [0.1, 0.15) is 18.4 Å². The Bertz CT molecular complexity index is 1310. The van der Waals surface area contributed by atoms with Gasteiger partial charge in [-0.2, -0.15) is 0 Å². The van der Waals surface area contributed by atoms with Gasteiger partial charge in [0.1, 0.15) is 11.9 Å². The van der Waals surface area contributed by atoms with E-state index in [2.05, 4.69) is 10.6 Å². The zero-order chi connectivity index (χ0) is 25.2. The van der Waals surface area contributed by atoms with Gasteiger partial charge in [0.25, 0.3) is 0 Å². The number of benzene rings is 2. The second kappa shape index (κ2) is 8.02. The van der Waals surface area contributed by atoms with E-state index in [1.54, 1.807) is 24.3 Å². The number of imide groups is 2. The molecule has 0 saturated carbocycles. The number of ether oxygens (including phenoxy) is 1. The van der Waals surface area contributed by atoms with Gasteiger partial charge in [0.2, 0.25) is 11.8 Å². The number of anilines is 2. The lowest BCUT2D eigenvalue weighted by Gasteiger charge is -2.47. The van der Waals surface area contributed by atoms with Crippen molar-refractivity contribution in [2.45, 2.75) is 31.4 Å². The van der Waals surface area contributed by atoms with E-state index in [4.69, 9.17) is 4.74 Å². The van der Waals surface area contributed by atoms with Gasteiger partial charge in [0.05, 0.1) is 24.9 Å². The maximum absolute atomic E-state index is 15.3. The largest absolute Gasteiger partial charge is 0.441 e. The minimum atomic E-state index is -1.45. The summed E-state index contributed by atoms with van der Waals surface area (Å²) in [5, 5.41) is 13.8. The topological polar surface area (TPSA) is 128 Å². The Hall–Kier alpha value is -3.99. The molecule has 11 heteroatoms. The van der Waals surface area contributed by atoms with Crippen LogP contribution < -0.4 is 20.4 Å². The molecule has 6 rings (SSSR count). The highest BCUT2D eigenvalue weighted by atomic mass is 19.1. The summed E-state index contributed by atoms with van der Waals surface area (Å²) < 4.78 is 20.3. The summed E-state index contributed by atoms with van der Waals surface area (Å²) in [5.41, 5.74) is 1.31. The summed E-state index contributed by atoms with van der Waals surface area (Å²) in [4.78, 5) is 53.2. The minimum Gasteiger partial charge on any atom is -0.441 e. The van der Waals surface area contributed by atoms with Crippen molar-refractivity contribution in [1.82, 2.24) is 10.6 Å². The molecular formula is C25H23FN4O6. The van der Waals surface area contributed by atoms with Gasteiger partial charge in [0, 0.05) is 17.8 Å². The second-order valence-corrected chi connectivity index (χ2v) is 9.54. The normalized spacial score (nSPS) is 24.4. The molecule has 0 radical (unpaired) electrons. The van der Waals surface area contributed by atoms with Gasteiger partial charge in [0.15, 0.2) is 5.41 Å². The smallest absolute Gasteiger partial charge is 0.414 e. The van der Waals surface area contributed by atoms with E-state index in [0.29, 0.717) is 29.8 Å². The third-order valence-electron chi connectivity index (χ3n) is 7.60. The average molecular weight is 494 g/mol. The Kier molecular flexibility index (Phi) is 5.01. The fraction of sp³-hybridized carbons (Fsp3) is 0.360. The molecule has 36 heavy (non-hydrogen) atoms. The van der Waals surface area contributed by atoms with Crippen LogP contribution in [0.2, 0.25) is 0 Å². The monoisotopic (exact) mass is 494 g/mol. The van der Waals surface area contributed by atoms with Crippen LogP contribution in [0.3, 0.4) is 0 Å². The summed E-state index contributed by atoms with van der Waals surface area (Å²) in [6.45, 7) is 0.470. The number of aliphatic hydroxyl groups is 1. The number of cyclic esters (lactones) is 1. The molecule has 3 N–H and O–H groups in total. The van der Waals surface area contributed by atoms with Crippen molar-refractivity contribution in [2.24, 2.45) is 5.41 Å². The van der Waals surface area contributed by atoms with Gasteiger partial charge in [-0.25, -0.2) is 14.0 Å². The third kappa shape index (κ3) is 3.19. The molecule has 2 aromatic carbocycles. The predicted octanol–water partition coefficient (Wildman–Crippen LogP) is 1.69. The number of carbonyl (C=O) groups excluding carboxylic acids is 4. The number of urea groups is 1. The van der Waals surface area contributed by atoms with Gasteiger partial charge in [-0.15, -0.1) is 0 Å². The van der Waals surface area contributed by atoms with Gasteiger partial charge < -0.3 is 14.7 Å². The summed E-state index contributed by atoms with van der Waals surface area (Å²) in [7, 11) is 0. The number of halogens is 1. The molecule has 0 aliphatic carbocycles. The molecule has 0 bridgehead atoms. The van der Waals surface area contributed by atoms with Gasteiger partial charge in [-0.3, -0.25) is 25.1 Å². The Balaban J connectivity index is 1.36. The van der Waals surface area contributed by atoms with Crippen LogP contribution in [0.5, 0.6) is 0 Å². The zero-order valence-electron chi connectivity index (χ0n) is 19.1. The summed E-state index contributed by atoms with van der Waals surface area (Å²) in [6.07, 6.45) is 0.218. The maximum atomic E-state index is 15.3. The summed E-state index contributed by atoms with van der Waals surface area (Å²) >= 11 is 0. The number of carbonyl (C=O) groups is 4. The van der Waals surface area contributed by atoms with Crippen molar-refractivity contribution >= 4 is 35.3 Å². The Morgan fingerprint density at radius 2 is 1.86 bits per heavy atom. The molecule has 3 fully saturated rings.